The van der Waals surface area contributed by atoms with Gasteiger partial charge in [0.1, 0.15) is 11.5 Å². The topological polar surface area (TPSA) is 90.7 Å². The highest BCUT2D eigenvalue weighted by molar-refractivity contribution is 9.10. The zero-order chi connectivity index (χ0) is 20.0. The molecule has 2 aromatic rings. The van der Waals surface area contributed by atoms with Gasteiger partial charge in [0, 0.05) is 28.2 Å². The summed E-state index contributed by atoms with van der Waals surface area (Å²) in [5.41, 5.74) is 0.111. The van der Waals surface area contributed by atoms with Crippen LogP contribution in [0.1, 0.15) is 5.56 Å². The number of hydrogen-bond acceptors (Lipinski definition) is 5. The van der Waals surface area contributed by atoms with Crippen molar-refractivity contribution in [2.75, 3.05) is 12.4 Å². The molecule has 0 unspecified atom stereocenters. The van der Waals surface area contributed by atoms with E-state index in [0.29, 0.717) is 4.47 Å². The van der Waals surface area contributed by atoms with E-state index in [2.05, 4.69) is 26.0 Å². The van der Waals surface area contributed by atoms with Gasteiger partial charge >= 0.3 is 6.61 Å². The third kappa shape index (κ3) is 5.74. The second kappa shape index (κ2) is 9.08. The first-order valence-electron chi connectivity index (χ1n) is 7.36. The largest absolute Gasteiger partial charge is 0.495 e. The average molecular weight is 443 g/mol. The summed E-state index contributed by atoms with van der Waals surface area (Å²) in [6, 6.07) is 8.07. The average Bonchev–Trinajstić information content (AvgIpc) is 2.61. The first kappa shape index (κ1) is 20.3. The molecule has 1 N–H and O–H groups in total. The maximum atomic E-state index is 12.5. The van der Waals surface area contributed by atoms with Crippen LogP contribution in [0.2, 0.25) is 0 Å². The number of nitrogens with one attached hydrogen (secondary N) is 1. The molecule has 0 saturated carbocycles. The van der Waals surface area contributed by atoms with E-state index in [4.69, 9.17) is 4.74 Å². The van der Waals surface area contributed by atoms with Gasteiger partial charge in [-0.1, -0.05) is 15.9 Å². The van der Waals surface area contributed by atoms with Crippen LogP contribution < -0.4 is 14.8 Å². The molecule has 0 aliphatic heterocycles. The number of non-ortho nitro benzene ring substituents is 1. The zero-order valence-corrected chi connectivity index (χ0v) is 15.4. The number of nitro groups is 1. The third-order valence-corrected chi connectivity index (χ3v) is 3.75. The van der Waals surface area contributed by atoms with E-state index < -0.39 is 17.4 Å². The molecule has 0 atom stereocenters. The van der Waals surface area contributed by atoms with Crippen LogP contribution >= 0.6 is 15.9 Å². The molecule has 0 aromatic heterocycles. The molecule has 10 heteroatoms. The number of hydrogen-bond donors (Lipinski definition) is 1. The lowest BCUT2D eigenvalue weighted by atomic mass is 10.2. The number of alkyl halides is 2. The zero-order valence-electron chi connectivity index (χ0n) is 13.8. The van der Waals surface area contributed by atoms with E-state index in [0.717, 1.165) is 12.1 Å². The fraction of sp³-hybridized carbons (Fsp3) is 0.118. The number of carbonyl (C=O) groups excluding carboxylic acids is 1. The Labute approximate surface area is 160 Å². The van der Waals surface area contributed by atoms with E-state index in [1.54, 1.807) is 0 Å². The number of halogens is 3. The lowest BCUT2D eigenvalue weighted by Crippen LogP contribution is -2.09. The molecule has 0 heterocycles. The molecule has 0 aliphatic carbocycles. The summed E-state index contributed by atoms with van der Waals surface area (Å²) < 4.78 is 35.0. The Bertz CT molecular complexity index is 890. The van der Waals surface area contributed by atoms with Crippen molar-refractivity contribution in [2.45, 2.75) is 6.61 Å². The summed E-state index contributed by atoms with van der Waals surface area (Å²) in [5.74, 6) is -0.520. The highest BCUT2D eigenvalue weighted by Crippen LogP contribution is 2.29. The van der Waals surface area contributed by atoms with E-state index in [-0.39, 0.29) is 28.4 Å². The van der Waals surface area contributed by atoms with E-state index >= 15 is 0 Å². The predicted octanol–water partition coefficient (Wildman–Crippen LogP) is 4.62. The fourth-order valence-corrected chi connectivity index (χ4v) is 2.48. The Morgan fingerprint density at radius 3 is 2.59 bits per heavy atom. The van der Waals surface area contributed by atoms with Gasteiger partial charge in [0.15, 0.2) is 0 Å². The van der Waals surface area contributed by atoms with Gasteiger partial charge in [0.05, 0.1) is 17.7 Å². The van der Waals surface area contributed by atoms with Gasteiger partial charge in [-0.3, -0.25) is 14.9 Å². The second-order valence-corrected chi connectivity index (χ2v) is 5.94. The summed E-state index contributed by atoms with van der Waals surface area (Å²) in [5, 5.41) is 13.3. The van der Waals surface area contributed by atoms with Gasteiger partial charge in [0.2, 0.25) is 5.91 Å². The quantitative estimate of drug-likeness (QED) is 0.383. The van der Waals surface area contributed by atoms with Crippen LogP contribution in [0.15, 0.2) is 46.9 Å². The molecule has 0 fully saturated rings. The molecule has 7 nitrogen and oxygen atoms in total. The maximum absolute atomic E-state index is 12.5. The number of amides is 1. The standard InChI is InChI=1S/C17H13BrF2N2O5/c1-26-15-6-4-12(22(24)25)9-13(15)21-16(23)7-2-10-8-11(18)3-5-14(10)27-17(19)20/h2-9,17H,1H3,(H,21,23)/b7-2+. The molecule has 0 bridgehead atoms. The minimum absolute atomic E-state index is 0.0969. The van der Waals surface area contributed by atoms with Crippen molar-refractivity contribution in [1.29, 1.82) is 0 Å². The Hall–Kier alpha value is -3.01. The Kier molecular flexibility index (Phi) is 6.83. The van der Waals surface area contributed by atoms with Crippen molar-refractivity contribution in [3.8, 4) is 11.5 Å². The molecule has 2 rings (SSSR count). The number of methoxy groups -OCH3 is 1. The molecule has 0 aliphatic rings. The van der Waals surface area contributed by atoms with Crippen LogP contribution in [-0.2, 0) is 4.79 Å². The smallest absolute Gasteiger partial charge is 0.387 e. The number of ether oxygens (including phenoxy) is 2. The molecule has 2 aromatic carbocycles. The number of rotatable bonds is 7. The van der Waals surface area contributed by atoms with Crippen molar-refractivity contribution in [3.63, 3.8) is 0 Å². The summed E-state index contributed by atoms with van der Waals surface area (Å²) in [7, 11) is 1.35. The number of anilines is 1. The number of benzene rings is 2. The van der Waals surface area contributed by atoms with Gasteiger partial charge < -0.3 is 14.8 Å². The van der Waals surface area contributed by atoms with Crippen molar-refractivity contribution >= 4 is 39.3 Å². The van der Waals surface area contributed by atoms with Crippen LogP contribution in [-0.4, -0.2) is 24.6 Å². The second-order valence-electron chi connectivity index (χ2n) is 5.02. The number of nitrogens with zero attached hydrogens (tertiary/aromatic N) is 1. The Morgan fingerprint density at radius 2 is 1.96 bits per heavy atom. The fourth-order valence-electron chi connectivity index (χ4n) is 2.10. The summed E-state index contributed by atoms with van der Waals surface area (Å²) >= 11 is 3.21. The molecule has 0 radical (unpaired) electrons. The van der Waals surface area contributed by atoms with Gasteiger partial charge in [0.25, 0.3) is 5.69 Å². The first-order chi connectivity index (χ1) is 12.8. The van der Waals surface area contributed by atoms with Crippen molar-refractivity contribution < 1.29 is 28.0 Å². The SMILES string of the molecule is COc1ccc([N+](=O)[O-])cc1NC(=O)/C=C/c1cc(Br)ccc1OC(F)F. The van der Waals surface area contributed by atoms with Crippen molar-refractivity contribution in [1.82, 2.24) is 0 Å². The van der Waals surface area contributed by atoms with Crippen LogP contribution in [0.4, 0.5) is 20.2 Å². The Morgan fingerprint density at radius 1 is 1.26 bits per heavy atom. The lowest BCUT2D eigenvalue weighted by Gasteiger charge is -2.09. The van der Waals surface area contributed by atoms with Crippen molar-refractivity contribution in [2.24, 2.45) is 0 Å². The highest BCUT2D eigenvalue weighted by atomic mass is 79.9. The molecule has 27 heavy (non-hydrogen) atoms. The predicted molar refractivity (Wildman–Crippen MR) is 98.1 cm³/mol. The maximum Gasteiger partial charge on any atom is 0.387 e. The minimum Gasteiger partial charge on any atom is -0.495 e. The van der Waals surface area contributed by atoms with Crippen LogP contribution in [0.5, 0.6) is 11.5 Å². The minimum atomic E-state index is -3.01. The molecular formula is C17H13BrF2N2O5. The molecular weight excluding hydrogens is 430 g/mol. The Balaban J connectivity index is 2.22. The molecule has 0 saturated heterocycles. The number of carbonyl (C=O) groups is 1. The van der Waals surface area contributed by atoms with Gasteiger partial charge in [-0.15, -0.1) is 0 Å². The number of nitro benzene ring substituents is 1. The molecule has 142 valence electrons. The lowest BCUT2D eigenvalue weighted by molar-refractivity contribution is -0.384. The monoisotopic (exact) mass is 442 g/mol. The third-order valence-electron chi connectivity index (χ3n) is 3.25. The van der Waals surface area contributed by atoms with Crippen LogP contribution in [0.3, 0.4) is 0 Å². The molecule has 0 spiro atoms. The van der Waals surface area contributed by atoms with Crippen LogP contribution in [0.25, 0.3) is 6.08 Å². The van der Waals surface area contributed by atoms with Gasteiger partial charge in [-0.05, 0) is 30.3 Å². The van der Waals surface area contributed by atoms with Gasteiger partial charge in [-0.2, -0.15) is 8.78 Å². The van der Waals surface area contributed by atoms with Crippen LogP contribution in [0, 0.1) is 10.1 Å². The normalized spacial score (nSPS) is 10.9. The van der Waals surface area contributed by atoms with Crippen molar-refractivity contribution in [3.05, 3.63) is 62.6 Å². The summed E-state index contributed by atoms with van der Waals surface area (Å²) in [6.45, 7) is -3.01. The van der Waals surface area contributed by atoms with E-state index in [9.17, 15) is 23.7 Å². The van der Waals surface area contributed by atoms with E-state index in [1.807, 2.05) is 0 Å². The van der Waals surface area contributed by atoms with Gasteiger partial charge in [-0.25, -0.2) is 0 Å². The summed E-state index contributed by atoms with van der Waals surface area (Å²) in [4.78, 5) is 22.4. The van der Waals surface area contributed by atoms with E-state index in [1.165, 1.54) is 43.5 Å². The first-order valence-corrected chi connectivity index (χ1v) is 8.15. The molecule has 1 amide bonds. The highest BCUT2D eigenvalue weighted by Gasteiger charge is 2.13. The summed E-state index contributed by atoms with van der Waals surface area (Å²) in [6.07, 6.45) is 2.36.